The zero-order valence-corrected chi connectivity index (χ0v) is 15.7. The lowest BCUT2D eigenvalue weighted by Crippen LogP contribution is -2.31. The number of nitrogens with zero attached hydrogens (tertiary/aromatic N) is 3. The average Bonchev–Trinajstić information content (AvgIpc) is 2.49. The van der Waals surface area contributed by atoms with Crippen molar-refractivity contribution >= 4 is 33.3 Å². The summed E-state index contributed by atoms with van der Waals surface area (Å²) in [5, 5.41) is 12.2. The molecule has 0 aliphatic carbocycles. The first-order chi connectivity index (χ1) is 11.3. The molecule has 0 spiro atoms. The molecule has 2 aromatic rings. The van der Waals surface area contributed by atoms with Crippen molar-refractivity contribution in [3.63, 3.8) is 0 Å². The van der Waals surface area contributed by atoms with Crippen molar-refractivity contribution in [1.82, 2.24) is 4.98 Å². The van der Waals surface area contributed by atoms with Crippen LogP contribution in [0.5, 0.6) is 0 Å². The van der Waals surface area contributed by atoms with Gasteiger partial charge in [-0.2, -0.15) is 5.26 Å². The number of benzene rings is 1. The molecule has 0 aliphatic rings. The van der Waals surface area contributed by atoms with E-state index in [1.165, 1.54) is 0 Å². The van der Waals surface area contributed by atoms with E-state index in [0.29, 0.717) is 11.4 Å². The van der Waals surface area contributed by atoms with E-state index in [0.717, 1.165) is 27.0 Å². The van der Waals surface area contributed by atoms with Crippen LogP contribution < -0.4 is 10.2 Å². The summed E-state index contributed by atoms with van der Waals surface area (Å²) in [5.74, 6) is 0.366. The number of aromatic nitrogens is 1. The van der Waals surface area contributed by atoms with E-state index in [-0.39, 0.29) is 12.5 Å². The van der Waals surface area contributed by atoms with Gasteiger partial charge in [0.25, 0.3) is 0 Å². The largest absolute Gasteiger partial charge is 0.349 e. The molecule has 0 saturated heterocycles. The molecule has 124 valence electrons. The van der Waals surface area contributed by atoms with Crippen molar-refractivity contribution in [2.24, 2.45) is 0 Å². The average molecular weight is 387 g/mol. The number of rotatable bonds is 4. The van der Waals surface area contributed by atoms with E-state index in [4.69, 9.17) is 0 Å². The predicted octanol–water partition coefficient (Wildman–Crippen LogP) is 3.72. The number of anilines is 2. The lowest BCUT2D eigenvalue weighted by molar-refractivity contribution is -0.114. The van der Waals surface area contributed by atoms with Crippen molar-refractivity contribution in [3.05, 3.63) is 51.1 Å². The molecule has 5 nitrogen and oxygen atoms in total. The molecule has 6 heteroatoms. The molecule has 0 radical (unpaired) electrons. The second-order valence-corrected chi connectivity index (χ2v) is 6.67. The Bertz CT molecular complexity index is 826. The molecule has 0 saturated carbocycles. The molecule has 1 amide bonds. The Morgan fingerprint density at radius 3 is 2.62 bits per heavy atom. The normalized spacial score (nSPS) is 10.2. The summed E-state index contributed by atoms with van der Waals surface area (Å²) < 4.78 is 0.966. The van der Waals surface area contributed by atoms with Gasteiger partial charge in [0, 0.05) is 22.9 Å². The minimum atomic E-state index is -0.159. The smallest absolute Gasteiger partial charge is 0.243 e. The molecule has 1 N–H and O–H groups in total. The standard InChI is InChI=1S/C18H19BrN4O/c1-11-7-13(3)21-18(15(11)9-20)23(4)10-17(24)22-16-6-5-14(19)8-12(16)2/h5-8H,10H2,1-4H3,(H,22,24). The molecule has 0 atom stereocenters. The molecule has 1 aromatic carbocycles. The highest BCUT2D eigenvalue weighted by molar-refractivity contribution is 9.10. The van der Waals surface area contributed by atoms with Gasteiger partial charge in [-0.05, 0) is 56.2 Å². The predicted molar refractivity (Wildman–Crippen MR) is 99.2 cm³/mol. The van der Waals surface area contributed by atoms with E-state index in [1.807, 2.05) is 45.0 Å². The first-order valence-electron chi connectivity index (χ1n) is 7.47. The van der Waals surface area contributed by atoms with Crippen molar-refractivity contribution < 1.29 is 4.79 Å². The second-order valence-electron chi connectivity index (χ2n) is 5.75. The van der Waals surface area contributed by atoms with Gasteiger partial charge >= 0.3 is 0 Å². The SMILES string of the molecule is Cc1cc(C)c(C#N)c(N(C)CC(=O)Nc2ccc(Br)cc2C)n1. The monoisotopic (exact) mass is 386 g/mol. The first kappa shape index (κ1) is 18.0. The minimum absolute atomic E-state index is 0.111. The fourth-order valence-electron chi connectivity index (χ4n) is 2.48. The zero-order valence-electron chi connectivity index (χ0n) is 14.1. The number of amides is 1. The third-order valence-electron chi connectivity index (χ3n) is 3.64. The van der Waals surface area contributed by atoms with Crippen molar-refractivity contribution in [3.8, 4) is 6.07 Å². The summed E-state index contributed by atoms with van der Waals surface area (Å²) in [6.07, 6.45) is 0. The number of aryl methyl sites for hydroxylation is 3. The van der Waals surface area contributed by atoms with Gasteiger partial charge in [-0.3, -0.25) is 4.79 Å². The number of nitrogens with one attached hydrogen (secondary N) is 1. The van der Waals surface area contributed by atoms with Crippen LogP contribution in [-0.4, -0.2) is 24.5 Å². The van der Waals surface area contributed by atoms with Gasteiger partial charge in [0.05, 0.1) is 12.1 Å². The van der Waals surface area contributed by atoms with Gasteiger partial charge in [-0.25, -0.2) is 4.98 Å². The molecule has 0 aliphatic heterocycles. The van der Waals surface area contributed by atoms with Gasteiger partial charge in [-0.1, -0.05) is 15.9 Å². The molecule has 2 rings (SSSR count). The molecule has 1 aromatic heterocycles. The number of hydrogen-bond acceptors (Lipinski definition) is 4. The molecule has 0 fully saturated rings. The summed E-state index contributed by atoms with van der Waals surface area (Å²) in [4.78, 5) is 18.4. The lowest BCUT2D eigenvalue weighted by Gasteiger charge is -2.20. The third kappa shape index (κ3) is 4.12. The maximum atomic E-state index is 12.3. The fraction of sp³-hybridized carbons (Fsp3) is 0.278. The Balaban J connectivity index is 2.16. The Hall–Kier alpha value is -2.39. The van der Waals surface area contributed by atoms with Crippen LogP contribution in [0.25, 0.3) is 0 Å². The Morgan fingerprint density at radius 1 is 1.29 bits per heavy atom. The van der Waals surface area contributed by atoms with Crippen LogP contribution in [0.1, 0.15) is 22.4 Å². The number of nitriles is 1. The van der Waals surface area contributed by atoms with Crippen molar-refractivity contribution in [2.75, 3.05) is 23.8 Å². The van der Waals surface area contributed by atoms with Gasteiger partial charge in [0.1, 0.15) is 11.9 Å². The molecule has 24 heavy (non-hydrogen) atoms. The lowest BCUT2D eigenvalue weighted by atomic mass is 10.1. The summed E-state index contributed by atoms with van der Waals surface area (Å²) in [7, 11) is 1.76. The molecular formula is C18H19BrN4O. The van der Waals surface area contributed by atoms with Gasteiger partial charge in [0.15, 0.2) is 0 Å². The van der Waals surface area contributed by atoms with Gasteiger partial charge in [0.2, 0.25) is 5.91 Å². The zero-order chi connectivity index (χ0) is 17.9. The highest BCUT2D eigenvalue weighted by atomic mass is 79.9. The summed E-state index contributed by atoms with van der Waals surface area (Å²) >= 11 is 3.40. The van der Waals surface area contributed by atoms with Gasteiger partial charge < -0.3 is 10.2 Å². The maximum absolute atomic E-state index is 12.3. The van der Waals surface area contributed by atoms with Crippen molar-refractivity contribution in [1.29, 1.82) is 5.26 Å². The van der Waals surface area contributed by atoms with Crippen LogP contribution in [-0.2, 0) is 4.79 Å². The first-order valence-corrected chi connectivity index (χ1v) is 8.26. The van der Waals surface area contributed by atoms with Crippen LogP contribution in [0.3, 0.4) is 0 Å². The van der Waals surface area contributed by atoms with Crippen LogP contribution in [0.4, 0.5) is 11.5 Å². The van der Waals surface area contributed by atoms with Crippen LogP contribution in [0, 0.1) is 32.1 Å². The molecule has 0 unspecified atom stereocenters. The summed E-state index contributed by atoms with van der Waals surface area (Å²) in [6.45, 7) is 5.79. The Kier molecular flexibility index (Phi) is 5.58. The Labute approximate surface area is 150 Å². The van der Waals surface area contributed by atoms with E-state index in [2.05, 4.69) is 32.3 Å². The minimum Gasteiger partial charge on any atom is -0.349 e. The number of carbonyl (C=O) groups is 1. The molecule has 1 heterocycles. The number of halogens is 1. The van der Waals surface area contributed by atoms with Gasteiger partial charge in [-0.15, -0.1) is 0 Å². The van der Waals surface area contributed by atoms with Crippen LogP contribution >= 0.6 is 15.9 Å². The second kappa shape index (κ2) is 7.45. The molecule has 0 bridgehead atoms. The van der Waals surface area contributed by atoms with Crippen molar-refractivity contribution in [2.45, 2.75) is 20.8 Å². The third-order valence-corrected chi connectivity index (χ3v) is 4.14. The quantitative estimate of drug-likeness (QED) is 0.868. The van der Waals surface area contributed by atoms with E-state index in [9.17, 15) is 10.1 Å². The van der Waals surface area contributed by atoms with E-state index >= 15 is 0 Å². The highest BCUT2D eigenvalue weighted by Gasteiger charge is 2.16. The number of carbonyl (C=O) groups excluding carboxylic acids is 1. The van der Waals surface area contributed by atoms with E-state index < -0.39 is 0 Å². The highest BCUT2D eigenvalue weighted by Crippen LogP contribution is 2.22. The number of pyridine rings is 1. The maximum Gasteiger partial charge on any atom is 0.243 e. The van der Waals surface area contributed by atoms with Crippen LogP contribution in [0.15, 0.2) is 28.7 Å². The Morgan fingerprint density at radius 2 is 2.00 bits per heavy atom. The summed E-state index contributed by atoms with van der Waals surface area (Å²) in [5.41, 5.74) is 3.91. The number of likely N-dealkylation sites (N-methyl/N-ethyl adjacent to an activating group) is 1. The topological polar surface area (TPSA) is 69.0 Å². The van der Waals surface area contributed by atoms with E-state index in [1.54, 1.807) is 11.9 Å². The fourth-order valence-corrected chi connectivity index (χ4v) is 2.95. The molecular weight excluding hydrogens is 368 g/mol. The summed E-state index contributed by atoms with van der Waals surface area (Å²) in [6, 6.07) is 9.71. The van der Waals surface area contributed by atoms with Crippen LogP contribution in [0.2, 0.25) is 0 Å². The number of hydrogen-bond donors (Lipinski definition) is 1.